The van der Waals surface area contributed by atoms with Gasteiger partial charge in [-0.05, 0) is 28.3 Å². The van der Waals surface area contributed by atoms with Gasteiger partial charge in [0.25, 0.3) is 0 Å². The number of ether oxygens (including phenoxy) is 3. The summed E-state index contributed by atoms with van der Waals surface area (Å²) in [7, 11) is -3.24. The van der Waals surface area contributed by atoms with E-state index in [2.05, 4.69) is 0 Å². The molecule has 0 aliphatic heterocycles. The molecule has 0 spiro atoms. The Morgan fingerprint density at radius 1 is 0.644 bits per heavy atom. The van der Waals surface area contributed by atoms with Crippen LogP contribution in [0.1, 0.15) is 22.3 Å². The molecule has 45 heavy (non-hydrogen) atoms. The highest BCUT2D eigenvalue weighted by molar-refractivity contribution is 7.32. The summed E-state index contributed by atoms with van der Waals surface area (Å²) in [5.74, 6) is 0. The second-order valence-corrected chi connectivity index (χ2v) is 10.8. The number of hydrogen-bond acceptors (Lipinski definition) is 7. The van der Waals surface area contributed by atoms with Crippen LogP contribution in [0, 0.1) is 0 Å². The summed E-state index contributed by atoms with van der Waals surface area (Å²) in [4.78, 5) is 27.4. The second-order valence-electron chi connectivity index (χ2n) is 10.0. The standard InChI is InChI=1S/C35H38NO8P/c37-28-36(43-27-32-19-11-4-12-20-32)23-34(41-25-30-15-7-2-8-16-30)35(42-26-31-17-9-3-10-18-31)33(21-22-44-45(38)39)40-24-29-13-5-1-6-14-29/h1-22,28,33-35,45H,23-27H2,(H,38,39)/t33-,34-,35+/m1/s1. The van der Waals surface area contributed by atoms with Crippen molar-refractivity contribution >= 4 is 14.7 Å². The van der Waals surface area contributed by atoms with Crippen molar-refractivity contribution in [2.45, 2.75) is 44.7 Å². The van der Waals surface area contributed by atoms with Crippen LogP contribution < -0.4 is 0 Å². The van der Waals surface area contributed by atoms with Gasteiger partial charge in [-0.2, -0.15) is 0 Å². The molecular formula is C35H38NO8P. The molecule has 1 N–H and O–H groups in total. The first-order valence-electron chi connectivity index (χ1n) is 14.5. The summed E-state index contributed by atoms with van der Waals surface area (Å²) in [5, 5.41) is 1.18. The third kappa shape index (κ3) is 12.4. The zero-order valence-corrected chi connectivity index (χ0v) is 25.8. The molecule has 0 fully saturated rings. The molecule has 236 valence electrons. The molecule has 0 bridgehead atoms. The van der Waals surface area contributed by atoms with Gasteiger partial charge in [-0.3, -0.25) is 9.63 Å². The molecule has 1 unspecified atom stereocenters. The third-order valence-electron chi connectivity index (χ3n) is 6.72. The van der Waals surface area contributed by atoms with Gasteiger partial charge in [0.1, 0.15) is 24.9 Å². The lowest BCUT2D eigenvalue weighted by Gasteiger charge is -2.34. The summed E-state index contributed by atoms with van der Waals surface area (Å²) < 4.78 is 35.6. The van der Waals surface area contributed by atoms with Gasteiger partial charge < -0.3 is 23.6 Å². The van der Waals surface area contributed by atoms with E-state index >= 15 is 0 Å². The van der Waals surface area contributed by atoms with Gasteiger partial charge >= 0.3 is 8.25 Å². The molecule has 9 nitrogen and oxygen atoms in total. The van der Waals surface area contributed by atoms with Crippen LogP contribution in [0.4, 0.5) is 0 Å². The number of hydrogen-bond donors (Lipinski definition) is 1. The monoisotopic (exact) mass is 631 g/mol. The fourth-order valence-corrected chi connectivity index (χ4v) is 4.64. The Labute approximate surface area is 264 Å². The van der Waals surface area contributed by atoms with Gasteiger partial charge in [-0.1, -0.05) is 121 Å². The van der Waals surface area contributed by atoms with Crippen LogP contribution in [0.5, 0.6) is 0 Å². The maximum atomic E-state index is 12.2. The molecule has 0 aliphatic rings. The number of nitrogens with zero attached hydrogens (tertiary/aromatic N) is 1. The maximum Gasteiger partial charge on any atom is 0.364 e. The Balaban J connectivity index is 1.64. The number of hydroxylamine groups is 2. The minimum Gasteiger partial charge on any atom is -0.435 e. The Morgan fingerprint density at radius 2 is 1.09 bits per heavy atom. The predicted octanol–water partition coefficient (Wildman–Crippen LogP) is 6.25. The van der Waals surface area contributed by atoms with Crippen LogP contribution in [0.3, 0.4) is 0 Å². The minimum absolute atomic E-state index is 0.000878. The summed E-state index contributed by atoms with van der Waals surface area (Å²) in [6.07, 6.45) is 0.846. The fourth-order valence-electron chi connectivity index (χ4n) is 4.45. The smallest absolute Gasteiger partial charge is 0.364 e. The maximum absolute atomic E-state index is 12.2. The van der Waals surface area contributed by atoms with Crippen LogP contribution in [0.15, 0.2) is 134 Å². The van der Waals surface area contributed by atoms with Gasteiger partial charge in [0, 0.05) is 0 Å². The van der Waals surface area contributed by atoms with E-state index in [0.717, 1.165) is 28.5 Å². The number of rotatable bonds is 20. The molecule has 0 saturated carbocycles. The SMILES string of the molecule is O=CN(C[C@@H](OCc1ccccc1)[C@@H](OCc1ccccc1)[C@@H](C=CO[PH](=O)O)OCc1ccccc1)OCc1ccccc1. The highest BCUT2D eigenvalue weighted by atomic mass is 31.1. The summed E-state index contributed by atoms with van der Waals surface area (Å²) in [6, 6.07) is 38.4. The van der Waals surface area contributed by atoms with E-state index in [4.69, 9.17) is 23.6 Å². The van der Waals surface area contributed by atoms with Gasteiger partial charge in [-0.15, -0.1) is 0 Å². The zero-order chi connectivity index (χ0) is 31.5. The van der Waals surface area contributed by atoms with Crippen molar-refractivity contribution in [2.75, 3.05) is 6.54 Å². The van der Waals surface area contributed by atoms with Crippen molar-refractivity contribution in [3.05, 3.63) is 156 Å². The quantitative estimate of drug-likeness (QED) is 0.0529. The zero-order valence-electron chi connectivity index (χ0n) is 24.8. The number of carbonyl (C=O) groups is 1. The second kappa shape index (κ2) is 19.3. The van der Waals surface area contributed by atoms with E-state index in [1.807, 2.05) is 121 Å². The van der Waals surface area contributed by atoms with Gasteiger partial charge in [0.2, 0.25) is 6.41 Å². The van der Waals surface area contributed by atoms with E-state index in [9.17, 15) is 14.3 Å². The summed E-state index contributed by atoms with van der Waals surface area (Å²) in [5.41, 5.74) is 3.65. The van der Waals surface area contributed by atoms with Crippen LogP contribution in [-0.4, -0.2) is 41.2 Å². The highest BCUT2D eigenvalue weighted by Gasteiger charge is 2.33. The highest BCUT2D eigenvalue weighted by Crippen LogP contribution is 2.22. The van der Waals surface area contributed by atoms with Crippen molar-refractivity contribution in [3.63, 3.8) is 0 Å². The normalized spacial score (nSPS) is 14.0. The summed E-state index contributed by atoms with van der Waals surface area (Å²) >= 11 is 0. The molecule has 0 aromatic heterocycles. The van der Waals surface area contributed by atoms with E-state index in [0.29, 0.717) is 6.41 Å². The van der Waals surface area contributed by atoms with Crippen LogP contribution >= 0.6 is 8.25 Å². The Bertz CT molecular complexity index is 1430. The Morgan fingerprint density at radius 3 is 1.56 bits per heavy atom. The summed E-state index contributed by atoms with van der Waals surface area (Å²) in [6.45, 7) is 0.811. The van der Waals surface area contributed by atoms with Gasteiger partial charge in [0.05, 0.1) is 32.6 Å². The number of benzene rings is 4. The average molecular weight is 632 g/mol. The molecule has 0 radical (unpaired) electrons. The lowest BCUT2D eigenvalue weighted by atomic mass is 10.1. The molecule has 4 aromatic carbocycles. The van der Waals surface area contributed by atoms with Crippen LogP contribution in [0.25, 0.3) is 0 Å². The first kappa shape index (κ1) is 33.8. The van der Waals surface area contributed by atoms with Crippen molar-refractivity contribution < 1.29 is 37.8 Å². The fraction of sp³-hybridized carbons (Fsp3) is 0.229. The molecule has 4 aromatic rings. The van der Waals surface area contributed by atoms with Crippen molar-refractivity contribution in [3.8, 4) is 0 Å². The third-order valence-corrected chi connectivity index (χ3v) is 7.06. The largest absolute Gasteiger partial charge is 0.435 e. The average Bonchev–Trinajstić information content (AvgIpc) is 3.08. The lowest BCUT2D eigenvalue weighted by Crippen LogP contribution is -2.47. The molecule has 1 amide bonds. The lowest BCUT2D eigenvalue weighted by molar-refractivity contribution is -0.205. The van der Waals surface area contributed by atoms with E-state index in [1.54, 1.807) is 0 Å². The van der Waals surface area contributed by atoms with Gasteiger partial charge in [0.15, 0.2) is 0 Å². The first-order chi connectivity index (χ1) is 22.1. The topological polar surface area (TPSA) is 104 Å². The van der Waals surface area contributed by atoms with E-state index in [-0.39, 0.29) is 33.0 Å². The molecule has 10 heteroatoms. The van der Waals surface area contributed by atoms with Crippen molar-refractivity contribution in [2.24, 2.45) is 0 Å². The molecule has 4 rings (SSSR count). The Kier molecular flexibility index (Phi) is 14.5. The van der Waals surface area contributed by atoms with Crippen molar-refractivity contribution in [1.82, 2.24) is 5.06 Å². The van der Waals surface area contributed by atoms with Crippen molar-refractivity contribution in [1.29, 1.82) is 0 Å². The molecule has 0 saturated heterocycles. The number of carbonyl (C=O) groups excluding carboxylic acids is 1. The van der Waals surface area contributed by atoms with E-state index < -0.39 is 26.6 Å². The van der Waals surface area contributed by atoms with E-state index in [1.165, 1.54) is 11.1 Å². The minimum atomic E-state index is -3.24. The molecule has 0 aliphatic carbocycles. The molecule has 4 atom stereocenters. The number of amides is 1. The van der Waals surface area contributed by atoms with Crippen LogP contribution in [0.2, 0.25) is 0 Å². The molecular weight excluding hydrogens is 593 g/mol. The van der Waals surface area contributed by atoms with Gasteiger partial charge in [-0.25, -0.2) is 9.63 Å². The molecule has 0 heterocycles. The predicted molar refractivity (Wildman–Crippen MR) is 171 cm³/mol. The first-order valence-corrected chi connectivity index (χ1v) is 15.8. The van der Waals surface area contributed by atoms with Crippen LogP contribution in [-0.2, 0) is 59.4 Å². The Hall–Kier alpha value is -4.08.